The summed E-state index contributed by atoms with van der Waals surface area (Å²) in [6.07, 6.45) is 5.64. The highest BCUT2D eigenvalue weighted by Crippen LogP contribution is 2.24. The largest absolute Gasteiger partial charge is 0.357 e. The van der Waals surface area contributed by atoms with Gasteiger partial charge in [0.05, 0.1) is 5.69 Å². The van der Waals surface area contributed by atoms with E-state index in [0.717, 1.165) is 81.7 Å². The number of aliphatic imine (C=N–C) groups is 1. The normalized spacial score (nSPS) is 17.4. The van der Waals surface area contributed by atoms with Crippen LogP contribution in [0.5, 0.6) is 0 Å². The van der Waals surface area contributed by atoms with E-state index in [-0.39, 0.29) is 24.0 Å². The number of aromatic nitrogens is 2. The van der Waals surface area contributed by atoms with Crippen molar-refractivity contribution in [3.8, 4) is 0 Å². The maximum absolute atomic E-state index is 4.82. The first-order chi connectivity index (χ1) is 15.2. The van der Waals surface area contributed by atoms with Crippen molar-refractivity contribution in [1.29, 1.82) is 0 Å². The van der Waals surface area contributed by atoms with Crippen molar-refractivity contribution < 1.29 is 0 Å². The molecule has 2 aliphatic heterocycles. The van der Waals surface area contributed by atoms with E-state index >= 15 is 0 Å². The number of nitrogens with one attached hydrogen (secondary N) is 2. The molecule has 2 aromatic rings. The van der Waals surface area contributed by atoms with Gasteiger partial charge in [-0.25, -0.2) is 9.97 Å². The van der Waals surface area contributed by atoms with Crippen LogP contribution in [0.4, 0.5) is 10.9 Å². The molecule has 4 rings (SSSR count). The lowest BCUT2D eigenvalue weighted by molar-refractivity contribution is 0.459. The Balaban J connectivity index is 0.00000289. The van der Waals surface area contributed by atoms with Crippen molar-refractivity contribution in [1.82, 2.24) is 20.6 Å². The maximum Gasteiger partial charge on any atom is 0.191 e. The van der Waals surface area contributed by atoms with Crippen molar-refractivity contribution in [2.24, 2.45) is 4.99 Å². The van der Waals surface area contributed by atoms with Crippen LogP contribution in [0.2, 0.25) is 0 Å². The van der Waals surface area contributed by atoms with Gasteiger partial charge in [0, 0.05) is 62.8 Å². The molecular formula is C23H36IN7S. The van der Waals surface area contributed by atoms with Crippen LogP contribution in [0.15, 0.2) is 28.6 Å². The number of hydrogen-bond donors (Lipinski definition) is 2. The second-order valence-electron chi connectivity index (χ2n) is 8.37. The molecule has 32 heavy (non-hydrogen) atoms. The van der Waals surface area contributed by atoms with Crippen molar-refractivity contribution >= 4 is 52.2 Å². The fraction of sp³-hybridized carbons (Fsp3) is 0.609. The number of guanidine groups is 1. The van der Waals surface area contributed by atoms with E-state index in [0.29, 0.717) is 6.04 Å². The number of rotatable bonds is 7. The van der Waals surface area contributed by atoms with E-state index in [4.69, 9.17) is 9.98 Å². The zero-order valence-corrected chi connectivity index (χ0v) is 22.4. The van der Waals surface area contributed by atoms with E-state index in [1.165, 1.54) is 18.0 Å². The molecule has 0 aliphatic carbocycles. The van der Waals surface area contributed by atoms with E-state index in [2.05, 4.69) is 62.8 Å². The first-order valence-corrected chi connectivity index (χ1v) is 12.5. The van der Waals surface area contributed by atoms with Gasteiger partial charge in [0.1, 0.15) is 5.82 Å². The van der Waals surface area contributed by atoms with Crippen molar-refractivity contribution in [2.45, 2.75) is 52.0 Å². The van der Waals surface area contributed by atoms with Crippen molar-refractivity contribution in [2.75, 3.05) is 49.1 Å². The number of halogens is 1. The van der Waals surface area contributed by atoms with Gasteiger partial charge in [0.25, 0.3) is 0 Å². The second-order valence-corrected chi connectivity index (χ2v) is 9.21. The Morgan fingerprint density at radius 2 is 1.91 bits per heavy atom. The summed E-state index contributed by atoms with van der Waals surface area (Å²) in [6.45, 7) is 10.1. The first kappa shape index (κ1) is 25.0. The number of piperidine rings is 1. The smallest absolute Gasteiger partial charge is 0.191 e. The van der Waals surface area contributed by atoms with Gasteiger partial charge in [-0.1, -0.05) is 6.07 Å². The van der Waals surface area contributed by atoms with Crippen LogP contribution in [-0.4, -0.2) is 61.2 Å². The van der Waals surface area contributed by atoms with Crippen LogP contribution < -0.4 is 20.4 Å². The Bertz CT molecular complexity index is 858. The van der Waals surface area contributed by atoms with E-state index < -0.39 is 0 Å². The third kappa shape index (κ3) is 6.94. The molecule has 2 saturated heterocycles. The quantitative estimate of drug-likeness (QED) is 0.300. The minimum Gasteiger partial charge on any atom is -0.357 e. The molecule has 2 fully saturated rings. The van der Waals surface area contributed by atoms with Crippen LogP contribution in [-0.2, 0) is 6.42 Å². The fourth-order valence-electron chi connectivity index (χ4n) is 4.22. The molecule has 0 unspecified atom stereocenters. The Morgan fingerprint density at radius 3 is 2.62 bits per heavy atom. The maximum atomic E-state index is 4.82. The van der Waals surface area contributed by atoms with Crippen LogP contribution in [0.1, 0.15) is 44.0 Å². The van der Waals surface area contributed by atoms with Crippen LogP contribution in [0.3, 0.4) is 0 Å². The summed E-state index contributed by atoms with van der Waals surface area (Å²) in [5.74, 6) is 2.01. The number of hydrogen-bond acceptors (Lipinski definition) is 6. The summed E-state index contributed by atoms with van der Waals surface area (Å²) in [5.41, 5.74) is 2.23. The number of thiazole rings is 1. The highest BCUT2D eigenvalue weighted by Gasteiger charge is 2.21. The molecule has 0 radical (unpaired) electrons. The topological polar surface area (TPSA) is 68.7 Å². The molecule has 0 bridgehead atoms. The first-order valence-electron chi connectivity index (χ1n) is 11.6. The third-order valence-corrected chi connectivity index (χ3v) is 6.88. The standard InChI is InChI=1S/C23H35N7S.HI/c1-3-24-22(25-12-9-20-17-31-23(28-20)30-13-4-5-14-30)27-19-10-15-29(16-11-19)21-8-6-7-18(2)26-21;/h6-8,17,19H,3-5,9-16H2,1-2H3,(H2,24,25,27);1H. The van der Waals surface area contributed by atoms with Crippen molar-refractivity contribution in [3.63, 3.8) is 0 Å². The lowest BCUT2D eigenvalue weighted by atomic mass is 10.1. The van der Waals surface area contributed by atoms with Gasteiger partial charge in [-0.2, -0.15) is 0 Å². The average molecular weight is 570 g/mol. The molecule has 9 heteroatoms. The van der Waals surface area contributed by atoms with Crippen LogP contribution in [0.25, 0.3) is 0 Å². The van der Waals surface area contributed by atoms with Gasteiger partial charge in [-0.15, -0.1) is 35.3 Å². The van der Waals surface area contributed by atoms with E-state index in [1.807, 2.05) is 0 Å². The Morgan fingerprint density at radius 1 is 1.12 bits per heavy atom. The van der Waals surface area contributed by atoms with E-state index in [9.17, 15) is 0 Å². The monoisotopic (exact) mass is 569 g/mol. The number of aryl methyl sites for hydroxylation is 1. The summed E-state index contributed by atoms with van der Waals surface area (Å²) in [4.78, 5) is 19.1. The molecule has 0 spiro atoms. The molecule has 4 heterocycles. The van der Waals surface area contributed by atoms with Gasteiger partial charge in [0.15, 0.2) is 11.1 Å². The molecule has 0 saturated carbocycles. The highest BCUT2D eigenvalue weighted by molar-refractivity contribution is 14.0. The van der Waals surface area contributed by atoms with Gasteiger partial charge in [-0.3, -0.25) is 4.99 Å². The fourth-order valence-corrected chi connectivity index (χ4v) is 5.13. The number of anilines is 2. The minimum atomic E-state index is 0. The summed E-state index contributed by atoms with van der Waals surface area (Å²) < 4.78 is 0. The summed E-state index contributed by atoms with van der Waals surface area (Å²) in [7, 11) is 0. The molecule has 0 amide bonds. The molecule has 2 aliphatic rings. The zero-order chi connectivity index (χ0) is 21.5. The summed E-state index contributed by atoms with van der Waals surface area (Å²) in [5, 5.41) is 10.4. The number of nitrogens with zero attached hydrogens (tertiary/aromatic N) is 5. The Labute approximate surface area is 213 Å². The predicted molar refractivity (Wildman–Crippen MR) is 146 cm³/mol. The molecular weight excluding hydrogens is 533 g/mol. The predicted octanol–water partition coefficient (Wildman–Crippen LogP) is 3.83. The molecule has 0 aromatic carbocycles. The van der Waals surface area contributed by atoms with Gasteiger partial charge in [-0.05, 0) is 51.7 Å². The summed E-state index contributed by atoms with van der Waals surface area (Å²) >= 11 is 1.77. The zero-order valence-electron chi connectivity index (χ0n) is 19.2. The Kier molecular flexibility index (Phi) is 9.83. The van der Waals surface area contributed by atoms with Gasteiger partial charge in [0.2, 0.25) is 0 Å². The molecule has 7 nitrogen and oxygen atoms in total. The second kappa shape index (κ2) is 12.6. The van der Waals surface area contributed by atoms with Gasteiger partial charge >= 0.3 is 0 Å². The minimum absolute atomic E-state index is 0. The third-order valence-electron chi connectivity index (χ3n) is 5.93. The van der Waals surface area contributed by atoms with Crippen molar-refractivity contribution in [3.05, 3.63) is 35.0 Å². The van der Waals surface area contributed by atoms with Crippen LogP contribution >= 0.6 is 35.3 Å². The average Bonchev–Trinajstić information content (AvgIpc) is 3.46. The SMILES string of the molecule is CCNC(=NCCc1csc(N2CCCC2)n1)NC1CCN(c2cccc(C)n2)CC1.I. The molecule has 0 atom stereocenters. The van der Waals surface area contributed by atoms with E-state index in [1.54, 1.807) is 11.3 Å². The van der Waals surface area contributed by atoms with Gasteiger partial charge < -0.3 is 20.4 Å². The van der Waals surface area contributed by atoms with Crippen LogP contribution in [0, 0.1) is 6.92 Å². The molecule has 2 N–H and O–H groups in total. The Hall–Kier alpha value is -1.62. The lowest BCUT2D eigenvalue weighted by Gasteiger charge is -2.34. The number of pyridine rings is 1. The lowest BCUT2D eigenvalue weighted by Crippen LogP contribution is -2.49. The molecule has 176 valence electrons. The summed E-state index contributed by atoms with van der Waals surface area (Å²) in [6, 6.07) is 6.70. The molecule has 2 aromatic heterocycles. The highest BCUT2D eigenvalue weighted by atomic mass is 127.